The van der Waals surface area contributed by atoms with Gasteiger partial charge in [-0.15, -0.1) is 0 Å². The number of unbranched alkanes of at least 4 members (excludes halogenated alkanes) is 1. The van der Waals surface area contributed by atoms with E-state index in [0.29, 0.717) is 25.0 Å². The average molecular weight is 606 g/mol. The average Bonchev–Trinajstić information content (AvgIpc) is 3.49. The second kappa shape index (κ2) is 17.5. The van der Waals surface area contributed by atoms with Crippen molar-refractivity contribution < 1.29 is 28.2 Å². The topological polar surface area (TPSA) is 174 Å². The minimum absolute atomic E-state index is 0.127. The van der Waals surface area contributed by atoms with Crippen LogP contribution in [0, 0.1) is 5.92 Å². The quantitative estimate of drug-likeness (QED) is 0.140. The monoisotopic (exact) mass is 605 g/mol. The van der Waals surface area contributed by atoms with E-state index in [0.717, 1.165) is 44.1 Å². The van der Waals surface area contributed by atoms with E-state index in [1.54, 1.807) is 6.20 Å². The molecule has 2 aromatic rings. The van der Waals surface area contributed by atoms with E-state index in [-0.39, 0.29) is 25.3 Å². The highest BCUT2D eigenvalue weighted by molar-refractivity contribution is 7.89. The first-order chi connectivity index (χ1) is 20.2. The van der Waals surface area contributed by atoms with Gasteiger partial charge in [-0.1, -0.05) is 75.8 Å². The Balaban J connectivity index is 1.73. The zero-order valence-corrected chi connectivity index (χ0v) is 25.3. The number of carbonyl (C=O) groups excluding carboxylic acids is 2. The molecule has 2 amide bonds. The van der Waals surface area contributed by atoms with Gasteiger partial charge in [0.25, 0.3) is 0 Å². The molecule has 1 fully saturated rings. The Labute approximate surface area is 249 Å². The number of nitrogens with zero attached hydrogens (tertiary/aromatic N) is 1. The molecule has 1 aromatic heterocycles. The fraction of sp³-hybridized carbons (Fsp3) is 0.633. The third kappa shape index (κ3) is 11.9. The minimum Gasteiger partial charge on any atom is -0.389 e. The van der Waals surface area contributed by atoms with Crippen LogP contribution in [-0.2, 0) is 32.5 Å². The molecule has 0 saturated heterocycles. The smallest absolute Gasteiger partial charge is 0.244 e. The fourth-order valence-electron chi connectivity index (χ4n) is 5.43. The summed E-state index contributed by atoms with van der Waals surface area (Å²) in [6.45, 7) is 2.21. The molecule has 234 valence electrons. The first-order valence-corrected chi connectivity index (χ1v) is 16.8. The van der Waals surface area contributed by atoms with Gasteiger partial charge in [-0.05, 0) is 30.7 Å². The standard InChI is InChI=1S/C30H47N5O6S/c1-2-3-16-33-42(40,41)20-27(36)29(38)25(17-23-12-8-5-9-13-23)34-26(18-24-19-31-21-32-24)30(39)35-28(37)15-14-22-10-6-4-7-11-22/h4,6-7,10-11,19,21,23,25-27,29,33-34,36,38H,2-3,5,8-9,12-18,20H2,1H3,(H,31,32)(H,35,37,39)/t25-,26-,27+,29+/m0/s1. The highest BCUT2D eigenvalue weighted by Crippen LogP contribution is 2.29. The van der Waals surface area contributed by atoms with Crippen LogP contribution in [0.3, 0.4) is 0 Å². The van der Waals surface area contributed by atoms with Crippen LogP contribution in [-0.4, -0.2) is 77.0 Å². The summed E-state index contributed by atoms with van der Waals surface area (Å²) in [6.07, 6.45) is 7.88. The molecule has 1 saturated carbocycles. The molecule has 1 heterocycles. The number of nitrogens with one attached hydrogen (secondary N) is 4. The van der Waals surface area contributed by atoms with E-state index in [9.17, 15) is 28.2 Å². The number of aliphatic hydroxyl groups is 2. The van der Waals surface area contributed by atoms with Crippen LogP contribution >= 0.6 is 0 Å². The molecule has 1 aromatic carbocycles. The maximum Gasteiger partial charge on any atom is 0.244 e. The minimum atomic E-state index is -3.82. The second-order valence-corrected chi connectivity index (χ2v) is 13.2. The van der Waals surface area contributed by atoms with E-state index in [1.807, 2.05) is 37.3 Å². The molecule has 1 aliphatic rings. The number of carbonyl (C=O) groups is 2. The number of benzene rings is 1. The predicted molar refractivity (Wildman–Crippen MR) is 161 cm³/mol. The lowest BCUT2D eigenvalue weighted by atomic mass is 9.83. The maximum atomic E-state index is 13.4. The molecule has 1 aliphatic carbocycles. The number of sulfonamides is 1. The Morgan fingerprint density at radius 2 is 1.86 bits per heavy atom. The molecule has 6 N–H and O–H groups in total. The summed E-state index contributed by atoms with van der Waals surface area (Å²) in [7, 11) is -3.82. The summed E-state index contributed by atoms with van der Waals surface area (Å²) in [6, 6.07) is 7.78. The lowest BCUT2D eigenvalue weighted by molar-refractivity contribution is -0.132. The van der Waals surface area contributed by atoms with Gasteiger partial charge >= 0.3 is 0 Å². The number of amides is 2. The largest absolute Gasteiger partial charge is 0.389 e. The highest BCUT2D eigenvalue weighted by Gasteiger charge is 2.35. The van der Waals surface area contributed by atoms with Gasteiger partial charge in [-0.3, -0.25) is 14.9 Å². The molecule has 11 nitrogen and oxygen atoms in total. The molecule has 0 aliphatic heterocycles. The van der Waals surface area contributed by atoms with Gasteiger partial charge in [0, 0.05) is 37.3 Å². The number of rotatable bonds is 18. The molecule has 0 spiro atoms. The molecule has 0 bridgehead atoms. The molecule has 0 unspecified atom stereocenters. The van der Waals surface area contributed by atoms with Crippen LogP contribution in [0.4, 0.5) is 0 Å². The third-order valence-electron chi connectivity index (χ3n) is 7.82. The Morgan fingerprint density at radius 3 is 2.52 bits per heavy atom. The summed E-state index contributed by atoms with van der Waals surface area (Å²) < 4.78 is 27.6. The van der Waals surface area contributed by atoms with E-state index in [2.05, 4.69) is 25.3 Å². The number of H-pyrrole nitrogens is 1. The molecule has 4 atom stereocenters. The number of aromatic nitrogens is 2. The maximum absolute atomic E-state index is 13.4. The van der Waals surface area contributed by atoms with Crippen LogP contribution in [0.2, 0.25) is 0 Å². The Morgan fingerprint density at radius 1 is 1.12 bits per heavy atom. The van der Waals surface area contributed by atoms with E-state index in [4.69, 9.17) is 0 Å². The van der Waals surface area contributed by atoms with Crippen molar-refractivity contribution in [1.29, 1.82) is 0 Å². The Kier molecular flexibility index (Phi) is 14.1. The number of imidazole rings is 1. The van der Waals surface area contributed by atoms with Crippen molar-refractivity contribution in [3.05, 3.63) is 54.1 Å². The molecule has 42 heavy (non-hydrogen) atoms. The van der Waals surface area contributed by atoms with Gasteiger partial charge < -0.3 is 20.5 Å². The van der Waals surface area contributed by atoms with Crippen molar-refractivity contribution >= 4 is 21.8 Å². The van der Waals surface area contributed by atoms with Crippen molar-refractivity contribution in [2.75, 3.05) is 12.3 Å². The van der Waals surface area contributed by atoms with Gasteiger partial charge in [0.2, 0.25) is 21.8 Å². The van der Waals surface area contributed by atoms with Crippen molar-refractivity contribution in [1.82, 2.24) is 25.3 Å². The molecule has 0 radical (unpaired) electrons. The van der Waals surface area contributed by atoms with Gasteiger partial charge in [0.15, 0.2) is 0 Å². The van der Waals surface area contributed by atoms with Crippen LogP contribution in [0.5, 0.6) is 0 Å². The first kappa shape index (κ1) is 33.9. The van der Waals surface area contributed by atoms with Crippen LogP contribution in [0.15, 0.2) is 42.9 Å². The van der Waals surface area contributed by atoms with Crippen molar-refractivity contribution in [3.63, 3.8) is 0 Å². The van der Waals surface area contributed by atoms with Gasteiger partial charge in [-0.2, -0.15) is 0 Å². The zero-order valence-electron chi connectivity index (χ0n) is 24.5. The van der Waals surface area contributed by atoms with E-state index in [1.165, 1.54) is 6.33 Å². The van der Waals surface area contributed by atoms with Crippen molar-refractivity contribution in [3.8, 4) is 0 Å². The number of hydrogen-bond acceptors (Lipinski definition) is 8. The number of aliphatic hydroxyl groups excluding tert-OH is 2. The van der Waals surface area contributed by atoms with Gasteiger partial charge in [-0.25, -0.2) is 18.1 Å². The van der Waals surface area contributed by atoms with E-state index < -0.39 is 51.9 Å². The van der Waals surface area contributed by atoms with Crippen LogP contribution < -0.4 is 15.4 Å². The zero-order chi connectivity index (χ0) is 30.4. The Bertz CT molecular complexity index is 1170. The lowest BCUT2D eigenvalue weighted by Crippen LogP contribution is -2.57. The number of hydrogen-bond donors (Lipinski definition) is 6. The predicted octanol–water partition coefficient (Wildman–Crippen LogP) is 1.97. The van der Waals surface area contributed by atoms with Crippen molar-refractivity contribution in [2.24, 2.45) is 5.92 Å². The lowest BCUT2D eigenvalue weighted by Gasteiger charge is -2.34. The summed E-state index contributed by atoms with van der Waals surface area (Å²) in [5.41, 5.74) is 1.63. The number of imide groups is 1. The van der Waals surface area contributed by atoms with E-state index >= 15 is 0 Å². The van der Waals surface area contributed by atoms with Crippen molar-refractivity contribution in [2.45, 2.75) is 102 Å². The Hall–Kier alpha value is -2.64. The summed E-state index contributed by atoms with van der Waals surface area (Å²) >= 11 is 0. The van der Waals surface area contributed by atoms with Gasteiger partial charge in [0.05, 0.1) is 30.3 Å². The summed E-state index contributed by atoms with van der Waals surface area (Å²) in [5.74, 6) is -1.39. The van der Waals surface area contributed by atoms with Crippen LogP contribution in [0.1, 0.15) is 76.0 Å². The molecular formula is C30H47N5O6S. The van der Waals surface area contributed by atoms with Crippen LogP contribution in [0.25, 0.3) is 0 Å². The number of aromatic amines is 1. The fourth-order valence-corrected chi connectivity index (χ4v) is 6.65. The SMILES string of the molecule is CCCCNS(=O)(=O)C[C@@H](O)[C@H](O)[C@H](CC1CCCCC1)N[C@@H](Cc1cnc[nH]1)C(=O)NC(=O)CCc1ccccc1. The first-order valence-electron chi connectivity index (χ1n) is 15.1. The normalized spacial score (nSPS) is 17.3. The van der Waals surface area contributed by atoms with Gasteiger partial charge in [0.1, 0.15) is 0 Å². The molecule has 12 heteroatoms. The molecule has 3 rings (SSSR count). The third-order valence-corrected chi connectivity index (χ3v) is 9.24. The summed E-state index contributed by atoms with van der Waals surface area (Å²) in [4.78, 5) is 33.1. The summed E-state index contributed by atoms with van der Waals surface area (Å²) in [5, 5.41) is 27.8. The second-order valence-electron chi connectivity index (χ2n) is 11.3. The molecular weight excluding hydrogens is 558 g/mol. The number of aryl methyl sites for hydroxylation is 1. The highest BCUT2D eigenvalue weighted by atomic mass is 32.2.